The number of rotatable bonds is 3. The standard InChI is InChI=1S/C15H22N2O2S/c1-3-16-7-9-17(10-8-16)15(18)14-13(19-2)11-5-4-6-12(11)20-14/h3-10H2,1-2H3. The van der Waals surface area contributed by atoms with Gasteiger partial charge in [-0.15, -0.1) is 11.3 Å². The third kappa shape index (κ3) is 2.33. The predicted molar refractivity (Wildman–Crippen MR) is 80.9 cm³/mol. The second kappa shape index (κ2) is 5.74. The number of carbonyl (C=O) groups is 1. The minimum Gasteiger partial charge on any atom is -0.495 e. The van der Waals surface area contributed by atoms with Crippen LogP contribution >= 0.6 is 11.3 Å². The molecule has 4 nitrogen and oxygen atoms in total. The Hall–Kier alpha value is -1.07. The Bertz CT molecular complexity index is 504. The molecule has 0 saturated carbocycles. The molecule has 0 N–H and O–H groups in total. The summed E-state index contributed by atoms with van der Waals surface area (Å²) in [5.74, 6) is 1.02. The van der Waals surface area contributed by atoms with E-state index in [1.54, 1.807) is 18.4 Å². The third-order valence-corrected chi connectivity index (χ3v) is 5.64. The van der Waals surface area contributed by atoms with Gasteiger partial charge in [-0.1, -0.05) is 6.92 Å². The molecule has 0 spiro atoms. The first-order valence-corrected chi connectivity index (χ1v) is 8.26. The largest absolute Gasteiger partial charge is 0.495 e. The van der Waals surface area contributed by atoms with Gasteiger partial charge in [0.2, 0.25) is 0 Å². The van der Waals surface area contributed by atoms with Crippen molar-refractivity contribution in [2.75, 3.05) is 39.8 Å². The quantitative estimate of drug-likeness (QED) is 0.855. The van der Waals surface area contributed by atoms with Crippen molar-refractivity contribution in [3.05, 3.63) is 15.3 Å². The fourth-order valence-electron chi connectivity index (χ4n) is 3.14. The van der Waals surface area contributed by atoms with Gasteiger partial charge in [-0.05, 0) is 25.8 Å². The van der Waals surface area contributed by atoms with Gasteiger partial charge in [0, 0.05) is 36.6 Å². The number of fused-ring (bicyclic) bond motifs is 1. The number of methoxy groups -OCH3 is 1. The van der Waals surface area contributed by atoms with E-state index in [0.29, 0.717) is 0 Å². The zero-order valence-electron chi connectivity index (χ0n) is 12.3. The highest BCUT2D eigenvalue weighted by Crippen LogP contribution is 2.41. The van der Waals surface area contributed by atoms with Gasteiger partial charge in [0.1, 0.15) is 10.6 Å². The van der Waals surface area contributed by atoms with Crippen LogP contribution in [0.3, 0.4) is 0 Å². The summed E-state index contributed by atoms with van der Waals surface area (Å²) in [6.45, 7) is 6.87. The number of aryl methyl sites for hydroxylation is 1. The molecule has 110 valence electrons. The van der Waals surface area contributed by atoms with Crippen molar-refractivity contribution in [2.45, 2.75) is 26.2 Å². The van der Waals surface area contributed by atoms with Crippen LogP contribution < -0.4 is 4.74 Å². The molecule has 1 amide bonds. The van der Waals surface area contributed by atoms with Crippen LogP contribution in [0.2, 0.25) is 0 Å². The fraction of sp³-hybridized carbons (Fsp3) is 0.667. The van der Waals surface area contributed by atoms with Gasteiger partial charge in [0.15, 0.2) is 0 Å². The van der Waals surface area contributed by atoms with E-state index >= 15 is 0 Å². The van der Waals surface area contributed by atoms with E-state index in [4.69, 9.17) is 4.74 Å². The van der Waals surface area contributed by atoms with Crippen molar-refractivity contribution in [3.8, 4) is 5.75 Å². The highest BCUT2D eigenvalue weighted by Gasteiger charge is 2.30. The molecule has 5 heteroatoms. The summed E-state index contributed by atoms with van der Waals surface area (Å²) in [4.78, 5) is 19.3. The Labute approximate surface area is 124 Å². The Morgan fingerprint density at radius 1 is 1.25 bits per heavy atom. The number of thiophene rings is 1. The molecule has 1 saturated heterocycles. The molecule has 2 heterocycles. The number of hydrogen-bond acceptors (Lipinski definition) is 4. The average Bonchev–Trinajstić information content (AvgIpc) is 3.06. The molecular formula is C15H22N2O2S. The lowest BCUT2D eigenvalue weighted by Gasteiger charge is -2.33. The second-order valence-electron chi connectivity index (χ2n) is 5.45. The molecule has 0 unspecified atom stereocenters. The maximum Gasteiger partial charge on any atom is 0.267 e. The average molecular weight is 294 g/mol. The number of nitrogens with zero attached hydrogens (tertiary/aromatic N) is 2. The van der Waals surface area contributed by atoms with Gasteiger partial charge >= 0.3 is 0 Å². The maximum atomic E-state index is 12.7. The summed E-state index contributed by atoms with van der Waals surface area (Å²) < 4.78 is 5.53. The monoisotopic (exact) mass is 294 g/mol. The van der Waals surface area contributed by atoms with Gasteiger partial charge < -0.3 is 14.5 Å². The van der Waals surface area contributed by atoms with Crippen molar-refractivity contribution in [1.29, 1.82) is 0 Å². The molecule has 0 radical (unpaired) electrons. The number of piperazine rings is 1. The van der Waals surface area contributed by atoms with Crippen molar-refractivity contribution in [1.82, 2.24) is 9.80 Å². The number of ether oxygens (including phenoxy) is 1. The zero-order valence-corrected chi connectivity index (χ0v) is 13.1. The lowest BCUT2D eigenvalue weighted by Crippen LogP contribution is -2.48. The lowest BCUT2D eigenvalue weighted by molar-refractivity contribution is 0.0645. The van der Waals surface area contributed by atoms with Crippen LogP contribution in [0.1, 0.15) is 33.5 Å². The van der Waals surface area contributed by atoms with E-state index in [1.165, 1.54) is 16.9 Å². The van der Waals surface area contributed by atoms with Crippen LogP contribution in [-0.2, 0) is 12.8 Å². The molecule has 1 fully saturated rings. The summed E-state index contributed by atoms with van der Waals surface area (Å²) in [6.07, 6.45) is 3.36. The Morgan fingerprint density at radius 2 is 2.00 bits per heavy atom. The van der Waals surface area contributed by atoms with Crippen LogP contribution in [0.4, 0.5) is 0 Å². The van der Waals surface area contributed by atoms with Crippen LogP contribution in [0.25, 0.3) is 0 Å². The van der Waals surface area contributed by atoms with Crippen molar-refractivity contribution in [2.24, 2.45) is 0 Å². The minimum atomic E-state index is 0.164. The van der Waals surface area contributed by atoms with E-state index in [9.17, 15) is 4.79 Å². The normalized spacial score (nSPS) is 19.2. The molecule has 1 aliphatic carbocycles. The highest BCUT2D eigenvalue weighted by molar-refractivity contribution is 7.14. The van der Waals surface area contributed by atoms with Crippen LogP contribution in [0.5, 0.6) is 5.75 Å². The molecule has 0 bridgehead atoms. The van der Waals surface area contributed by atoms with Crippen LogP contribution in [0, 0.1) is 0 Å². The highest BCUT2D eigenvalue weighted by atomic mass is 32.1. The van der Waals surface area contributed by atoms with E-state index in [2.05, 4.69) is 11.8 Å². The van der Waals surface area contributed by atoms with Crippen LogP contribution in [0.15, 0.2) is 0 Å². The number of amides is 1. The SMILES string of the molecule is CCN1CCN(C(=O)c2sc3c(c2OC)CCC3)CC1. The molecule has 1 aromatic rings. The van der Waals surface area contributed by atoms with Gasteiger partial charge in [0.05, 0.1) is 7.11 Å². The molecule has 2 aliphatic rings. The molecule has 3 rings (SSSR count). The molecule has 1 aromatic heterocycles. The summed E-state index contributed by atoms with van der Waals surface area (Å²) >= 11 is 1.65. The Kier molecular flexibility index (Phi) is 3.98. The van der Waals surface area contributed by atoms with Crippen LogP contribution in [-0.4, -0.2) is 55.5 Å². The summed E-state index contributed by atoms with van der Waals surface area (Å²) in [7, 11) is 1.69. The van der Waals surface area contributed by atoms with E-state index in [1.807, 2.05) is 4.90 Å². The van der Waals surface area contributed by atoms with Gasteiger partial charge in [0.25, 0.3) is 5.91 Å². The predicted octanol–water partition coefficient (Wildman–Crippen LogP) is 2.02. The van der Waals surface area contributed by atoms with Gasteiger partial charge in [-0.25, -0.2) is 0 Å². The first-order valence-electron chi connectivity index (χ1n) is 7.44. The number of carbonyl (C=O) groups excluding carboxylic acids is 1. The van der Waals surface area contributed by atoms with E-state index < -0.39 is 0 Å². The molecular weight excluding hydrogens is 272 g/mol. The zero-order chi connectivity index (χ0) is 14.1. The maximum absolute atomic E-state index is 12.7. The molecule has 0 atom stereocenters. The number of likely N-dealkylation sites (N-methyl/N-ethyl adjacent to an activating group) is 1. The smallest absolute Gasteiger partial charge is 0.267 e. The first kappa shape index (κ1) is 13.9. The van der Waals surface area contributed by atoms with Crippen molar-refractivity contribution in [3.63, 3.8) is 0 Å². The van der Waals surface area contributed by atoms with Crippen molar-refractivity contribution >= 4 is 17.2 Å². The topological polar surface area (TPSA) is 32.8 Å². The van der Waals surface area contributed by atoms with E-state index in [0.717, 1.165) is 56.2 Å². The Morgan fingerprint density at radius 3 is 2.65 bits per heavy atom. The first-order chi connectivity index (χ1) is 9.74. The summed E-state index contributed by atoms with van der Waals surface area (Å²) in [5, 5.41) is 0. The van der Waals surface area contributed by atoms with E-state index in [-0.39, 0.29) is 5.91 Å². The number of hydrogen-bond donors (Lipinski definition) is 0. The Balaban J connectivity index is 1.78. The molecule has 0 aromatic carbocycles. The lowest BCUT2D eigenvalue weighted by atomic mass is 10.2. The molecule has 1 aliphatic heterocycles. The third-order valence-electron chi connectivity index (χ3n) is 4.38. The second-order valence-corrected chi connectivity index (χ2v) is 6.55. The summed E-state index contributed by atoms with van der Waals surface area (Å²) in [5.41, 5.74) is 1.29. The molecule has 20 heavy (non-hydrogen) atoms. The minimum absolute atomic E-state index is 0.164. The fourth-order valence-corrected chi connectivity index (χ4v) is 4.47. The van der Waals surface area contributed by atoms with Crippen molar-refractivity contribution < 1.29 is 9.53 Å². The summed E-state index contributed by atoms with van der Waals surface area (Å²) in [6, 6.07) is 0. The van der Waals surface area contributed by atoms with Gasteiger partial charge in [-0.2, -0.15) is 0 Å². The van der Waals surface area contributed by atoms with Gasteiger partial charge in [-0.3, -0.25) is 4.79 Å².